The molecule has 1 aromatic rings. The van der Waals surface area contributed by atoms with Crippen molar-refractivity contribution >= 4 is 5.91 Å². The number of hydroxylamine groups is 1. The number of amides is 1. The van der Waals surface area contributed by atoms with E-state index in [1.54, 1.807) is 46.9 Å². The van der Waals surface area contributed by atoms with Crippen molar-refractivity contribution in [1.29, 1.82) is 0 Å². The van der Waals surface area contributed by atoms with Crippen LogP contribution in [0, 0.1) is 31.1 Å². The minimum absolute atomic E-state index is 0. The van der Waals surface area contributed by atoms with E-state index in [0.29, 0.717) is 5.75 Å². The van der Waals surface area contributed by atoms with Crippen molar-refractivity contribution in [2.75, 3.05) is 20.1 Å². The van der Waals surface area contributed by atoms with E-state index in [4.69, 9.17) is 20.8 Å². The average Bonchev–Trinajstić information content (AvgIpc) is 3.16. The Morgan fingerprint density at radius 2 is 1.67 bits per heavy atom. The molecule has 0 saturated carbocycles. The first-order valence-corrected chi connectivity index (χ1v) is 10.2. The molecule has 1 aliphatic rings. The molecule has 1 saturated heterocycles. The summed E-state index contributed by atoms with van der Waals surface area (Å²) in [5, 5.41) is 17.3. The van der Waals surface area contributed by atoms with E-state index in [2.05, 4.69) is 19.3 Å². The number of aliphatic hydroxyl groups excluding tert-OH is 1. The number of rotatable bonds is 4. The van der Waals surface area contributed by atoms with Gasteiger partial charge in [0.15, 0.2) is 0 Å². The Balaban J connectivity index is -0.000000355. The zero-order valence-electron chi connectivity index (χ0n) is 19.8. The first kappa shape index (κ1) is 34.0. The SMILES string of the molecule is CC(C)(C)O.CC(N)C(=O)N1CCCC1.CCC.C[N-]Oc1ccccc1CO.[U]. The summed E-state index contributed by atoms with van der Waals surface area (Å²) in [6.07, 6.45) is 3.52. The normalized spacial score (nSPS) is 13.2. The van der Waals surface area contributed by atoms with E-state index >= 15 is 0 Å². The van der Waals surface area contributed by atoms with Crippen LogP contribution in [0.15, 0.2) is 24.3 Å². The number of nitrogens with zero attached hydrogens (tertiary/aromatic N) is 2. The van der Waals surface area contributed by atoms with Crippen LogP contribution in [0.2, 0.25) is 0 Å². The molecular weight excluding hydrogens is 608 g/mol. The maximum atomic E-state index is 11.1. The zero-order valence-corrected chi connectivity index (χ0v) is 24.0. The Bertz CT molecular complexity index is 525. The molecule has 4 N–H and O–H groups in total. The maximum absolute atomic E-state index is 11.1. The van der Waals surface area contributed by atoms with Gasteiger partial charge in [-0.05, 0) is 46.6 Å². The van der Waals surface area contributed by atoms with Crippen molar-refractivity contribution in [2.45, 2.75) is 79.1 Å². The molecule has 1 atom stereocenters. The second-order valence-electron chi connectivity index (χ2n) is 7.74. The first-order chi connectivity index (χ1) is 13.5. The summed E-state index contributed by atoms with van der Waals surface area (Å²) in [5.41, 5.74) is 9.18. The van der Waals surface area contributed by atoms with Crippen LogP contribution in [0.1, 0.15) is 66.4 Å². The van der Waals surface area contributed by atoms with E-state index in [1.165, 1.54) is 6.42 Å². The summed E-state index contributed by atoms with van der Waals surface area (Å²) < 4.78 is 0. The van der Waals surface area contributed by atoms with Gasteiger partial charge in [-0.2, -0.15) is 0 Å². The van der Waals surface area contributed by atoms with Gasteiger partial charge in [0.25, 0.3) is 0 Å². The maximum Gasteiger partial charge on any atom is 0.239 e. The van der Waals surface area contributed by atoms with Crippen LogP contribution in [0.5, 0.6) is 5.75 Å². The topological polar surface area (TPSA) is 110 Å². The van der Waals surface area contributed by atoms with E-state index in [0.717, 1.165) is 31.5 Å². The van der Waals surface area contributed by atoms with E-state index in [9.17, 15) is 4.79 Å². The number of para-hydroxylation sites is 1. The molecule has 0 aromatic heterocycles. The smallest absolute Gasteiger partial charge is 0.239 e. The Morgan fingerprint density at radius 3 is 2.03 bits per heavy atom. The van der Waals surface area contributed by atoms with Gasteiger partial charge in [0, 0.05) is 49.8 Å². The molecule has 1 unspecified atom stereocenters. The predicted octanol–water partition coefficient (Wildman–Crippen LogP) is 3.63. The van der Waals surface area contributed by atoms with Crippen LogP contribution in [0.4, 0.5) is 0 Å². The molecule has 2 rings (SSSR count). The molecular formula is C22H42N3O4U-. The average molecular weight is 651 g/mol. The van der Waals surface area contributed by atoms with Gasteiger partial charge in [0.05, 0.1) is 18.2 Å². The van der Waals surface area contributed by atoms with Crippen molar-refractivity contribution in [2.24, 2.45) is 5.73 Å². The number of carbonyl (C=O) groups is 1. The van der Waals surface area contributed by atoms with Crippen molar-refractivity contribution < 1.29 is 51.0 Å². The Morgan fingerprint density at radius 1 is 1.23 bits per heavy atom. The number of carbonyl (C=O) groups excluding carboxylic acids is 1. The second-order valence-corrected chi connectivity index (χ2v) is 7.74. The summed E-state index contributed by atoms with van der Waals surface area (Å²) in [6.45, 7) is 13.0. The largest absolute Gasteiger partial charge is 0.587 e. The molecule has 0 bridgehead atoms. The van der Waals surface area contributed by atoms with Crippen molar-refractivity contribution in [3.63, 3.8) is 0 Å². The molecule has 8 heteroatoms. The van der Waals surface area contributed by atoms with Gasteiger partial charge in [-0.25, -0.2) is 0 Å². The van der Waals surface area contributed by atoms with Crippen LogP contribution in [-0.4, -0.2) is 52.8 Å². The number of likely N-dealkylation sites (tertiary alicyclic amines) is 1. The van der Waals surface area contributed by atoms with Gasteiger partial charge in [-0.1, -0.05) is 38.5 Å². The number of nitrogens with two attached hydrogens (primary N) is 1. The quantitative estimate of drug-likeness (QED) is 0.432. The number of hydrogen-bond acceptors (Lipinski definition) is 5. The minimum Gasteiger partial charge on any atom is -0.587 e. The van der Waals surface area contributed by atoms with Gasteiger partial charge >= 0.3 is 0 Å². The fourth-order valence-corrected chi connectivity index (χ4v) is 2.05. The number of benzene rings is 1. The van der Waals surface area contributed by atoms with Crippen LogP contribution >= 0.6 is 0 Å². The fourth-order valence-electron chi connectivity index (χ4n) is 2.05. The van der Waals surface area contributed by atoms with Gasteiger partial charge in [-0.15, -0.1) is 7.05 Å². The molecule has 1 aromatic carbocycles. The summed E-state index contributed by atoms with van der Waals surface area (Å²) >= 11 is 0. The third-order valence-corrected chi connectivity index (χ3v) is 3.14. The Kier molecular flexibility index (Phi) is 23.0. The predicted molar refractivity (Wildman–Crippen MR) is 120 cm³/mol. The molecule has 1 fully saturated rings. The molecule has 174 valence electrons. The molecule has 30 heavy (non-hydrogen) atoms. The van der Waals surface area contributed by atoms with Crippen molar-refractivity contribution in [3.05, 3.63) is 35.3 Å². The van der Waals surface area contributed by atoms with Crippen molar-refractivity contribution in [3.8, 4) is 5.75 Å². The van der Waals surface area contributed by atoms with Gasteiger partial charge < -0.3 is 31.2 Å². The molecule has 0 aliphatic carbocycles. The van der Waals surface area contributed by atoms with E-state index in [-0.39, 0.29) is 49.7 Å². The molecule has 0 radical (unpaired) electrons. The molecule has 7 nitrogen and oxygen atoms in total. The second kappa shape index (κ2) is 20.3. The monoisotopic (exact) mass is 650 g/mol. The third-order valence-electron chi connectivity index (χ3n) is 3.14. The summed E-state index contributed by atoms with van der Waals surface area (Å²) in [4.78, 5) is 17.9. The van der Waals surface area contributed by atoms with Crippen LogP contribution < -0.4 is 10.6 Å². The van der Waals surface area contributed by atoms with Crippen molar-refractivity contribution in [1.82, 2.24) is 4.90 Å². The van der Waals surface area contributed by atoms with E-state index in [1.807, 2.05) is 17.0 Å². The van der Waals surface area contributed by atoms with Crippen LogP contribution in [0.25, 0.3) is 5.48 Å². The van der Waals surface area contributed by atoms with Gasteiger partial charge in [-0.3, -0.25) is 4.79 Å². The van der Waals surface area contributed by atoms with Gasteiger partial charge in [0.1, 0.15) is 5.75 Å². The molecule has 1 amide bonds. The van der Waals surface area contributed by atoms with E-state index < -0.39 is 5.60 Å². The summed E-state index contributed by atoms with van der Waals surface area (Å²) in [5.74, 6) is 0.704. The molecule has 1 aliphatic heterocycles. The first-order valence-electron chi connectivity index (χ1n) is 10.2. The van der Waals surface area contributed by atoms with Gasteiger partial charge in [0.2, 0.25) is 5.91 Å². The van der Waals surface area contributed by atoms with Crippen LogP contribution in [-0.2, 0) is 11.4 Å². The number of aliphatic hydroxyl groups is 2. The Labute approximate surface area is 207 Å². The zero-order chi connectivity index (χ0) is 22.9. The third kappa shape index (κ3) is 20.6. The standard InChI is InChI=1S/C8H10NO2.C7H14N2O.C4H10O.C3H8.U/c1-9-11-8-5-3-2-4-7(8)6-10;1-6(8)7(10)9-4-2-3-5-9;1-4(2,3)5;1-3-2;/h2-5,10H,6H2,1H3;6H,2-5,8H2,1H3;5H,1-3H3;3H2,1-2H3;/q-1;;;;. The molecule has 0 spiro atoms. The summed E-state index contributed by atoms with van der Waals surface area (Å²) in [7, 11) is 1.55. The Hall–Kier alpha value is -0.618. The minimum atomic E-state index is -0.500. The fraction of sp³-hybridized carbons (Fsp3) is 0.682. The van der Waals surface area contributed by atoms with Crippen LogP contribution in [0.3, 0.4) is 0 Å². The summed E-state index contributed by atoms with van der Waals surface area (Å²) in [6, 6.07) is 6.91. The number of hydrogen-bond donors (Lipinski definition) is 3. The molecule has 1 heterocycles.